The van der Waals surface area contributed by atoms with Gasteiger partial charge >= 0.3 is 29.9 Å². The summed E-state index contributed by atoms with van der Waals surface area (Å²) in [6.07, 6.45) is -1.48. The molecule has 14 heteroatoms. The molecule has 2 heterocycles. The Morgan fingerprint density at radius 1 is 0.667 bits per heavy atom. The van der Waals surface area contributed by atoms with Gasteiger partial charge in [0.25, 0.3) is 0 Å². The quantitative estimate of drug-likeness (QED) is 0.158. The minimum absolute atomic E-state index is 0.0645. The van der Waals surface area contributed by atoms with Crippen molar-refractivity contribution in [2.75, 3.05) is 34.5 Å². The van der Waals surface area contributed by atoms with Crippen LogP contribution in [0, 0.1) is 0 Å². The van der Waals surface area contributed by atoms with Crippen LogP contribution in [0.1, 0.15) is 22.3 Å². The molecule has 2 N–H and O–H groups in total. The van der Waals surface area contributed by atoms with Crippen LogP contribution in [0.4, 0.5) is 49.9 Å². The molecular formula is C34H28F4N4O5S. The summed E-state index contributed by atoms with van der Waals surface area (Å²) in [6, 6.07) is 26.3. The number of hydrogen-bond acceptors (Lipinski definition) is 6. The number of benzene rings is 4. The third kappa shape index (κ3) is 7.08. The van der Waals surface area contributed by atoms with Crippen LogP contribution in [0.2, 0.25) is 0 Å². The molecule has 4 aromatic rings. The van der Waals surface area contributed by atoms with E-state index in [0.29, 0.717) is 5.69 Å². The van der Waals surface area contributed by atoms with Crippen molar-refractivity contribution >= 4 is 58.0 Å². The molecule has 248 valence electrons. The second-order valence-electron chi connectivity index (χ2n) is 10.7. The number of ether oxygens (including phenoxy) is 2. The number of carbonyl (C=O) groups is 3. The van der Waals surface area contributed by atoms with Gasteiger partial charge in [-0.05, 0) is 47.5 Å². The monoisotopic (exact) mass is 680 g/mol. The second-order valence-corrected chi connectivity index (χ2v) is 11.1. The Morgan fingerprint density at radius 3 is 1.54 bits per heavy atom. The molecule has 2 aliphatic heterocycles. The molecule has 0 radical (unpaired) electrons. The Kier molecular flexibility index (Phi) is 9.66. The Bertz CT molecular complexity index is 1730. The topological polar surface area (TPSA) is 100 Å². The van der Waals surface area contributed by atoms with E-state index in [1.807, 2.05) is 48.5 Å². The van der Waals surface area contributed by atoms with E-state index in [-0.39, 0.29) is 35.8 Å². The smallest absolute Gasteiger partial charge is 0.411 e. The molecule has 9 nitrogen and oxygen atoms in total. The Balaban J connectivity index is 0.000000188. The molecule has 0 spiro atoms. The molecule has 0 aromatic heterocycles. The molecule has 2 aliphatic rings. The molecule has 0 bridgehead atoms. The number of thiocarbonyl (C=S) groups is 1. The first-order valence-corrected chi connectivity index (χ1v) is 14.8. The highest BCUT2D eigenvalue weighted by Crippen LogP contribution is 2.46. The highest BCUT2D eigenvalue weighted by molar-refractivity contribution is 7.80. The van der Waals surface area contributed by atoms with E-state index >= 15 is 0 Å². The standard InChI is InChI=1S/C17H14F2N2O3.C17H14F2N2O2S/c1-21-14-8-7-12(9-13(14)17(18,19)15(21)22)20-16(23)24-10-11-5-3-2-4-6-11;1-21-14-8-7-12(9-13(14)17(18,19)15(21)24)20-16(22)23-10-11-5-3-2-4-6-11/h2-9H,10H2,1H3,(H,20,23);2-9H,10H2,1H3,(H,20,22). The number of nitrogens with one attached hydrogen (secondary N) is 2. The lowest BCUT2D eigenvalue weighted by Gasteiger charge is -2.12. The lowest BCUT2D eigenvalue weighted by atomic mass is 10.1. The summed E-state index contributed by atoms with van der Waals surface area (Å²) in [6.45, 7) is 0.162. The Morgan fingerprint density at radius 2 is 1.08 bits per heavy atom. The van der Waals surface area contributed by atoms with Crippen molar-refractivity contribution < 1.29 is 41.4 Å². The van der Waals surface area contributed by atoms with Gasteiger partial charge in [0.1, 0.15) is 13.2 Å². The van der Waals surface area contributed by atoms with Crippen LogP contribution in [0.25, 0.3) is 0 Å². The van der Waals surface area contributed by atoms with Gasteiger partial charge in [0.05, 0.1) is 22.5 Å². The van der Waals surface area contributed by atoms with E-state index in [0.717, 1.165) is 22.1 Å². The van der Waals surface area contributed by atoms with Crippen molar-refractivity contribution in [3.8, 4) is 0 Å². The zero-order chi connectivity index (χ0) is 34.6. The van der Waals surface area contributed by atoms with E-state index < -0.39 is 40.5 Å². The highest BCUT2D eigenvalue weighted by Gasteiger charge is 2.51. The maximum absolute atomic E-state index is 14.1. The molecule has 3 amide bonds. The van der Waals surface area contributed by atoms with Gasteiger partial charge in [-0.25, -0.2) is 9.59 Å². The largest absolute Gasteiger partial charge is 0.444 e. The minimum atomic E-state index is -3.60. The van der Waals surface area contributed by atoms with Crippen molar-refractivity contribution in [2.45, 2.75) is 25.1 Å². The summed E-state index contributed by atoms with van der Waals surface area (Å²) in [5, 5.41) is 4.84. The Hall–Kier alpha value is -5.50. The number of likely N-dealkylation sites (N-methyl/N-ethyl adjacent to an activating group) is 2. The number of carbonyl (C=O) groups excluding carboxylic acids is 3. The number of nitrogens with zero attached hydrogens (tertiary/aromatic N) is 2. The molecule has 48 heavy (non-hydrogen) atoms. The third-order valence-electron chi connectivity index (χ3n) is 7.46. The SMILES string of the molecule is CN1C(=O)C(F)(F)c2cc(NC(=O)OCc3ccccc3)ccc21.CN1C(=S)C(F)(F)c2cc(NC(=O)OCc3ccccc3)ccc21. The third-order valence-corrected chi connectivity index (χ3v) is 7.99. The Labute approximate surface area is 278 Å². The average Bonchev–Trinajstić information content (AvgIpc) is 3.36. The number of hydrogen-bond donors (Lipinski definition) is 2. The van der Waals surface area contributed by atoms with Crippen LogP contribution in [0.3, 0.4) is 0 Å². The molecule has 0 saturated heterocycles. The number of alkyl halides is 4. The van der Waals surface area contributed by atoms with Crippen LogP contribution < -0.4 is 20.4 Å². The van der Waals surface area contributed by atoms with Crippen molar-refractivity contribution in [1.82, 2.24) is 0 Å². The van der Waals surface area contributed by atoms with Crippen molar-refractivity contribution in [3.63, 3.8) is 0 Å². The molecule has 0 saturated carbocycles. The van der Waals surface area contributed by atoms with Gasteiger partial charge in [0.15, 0.2) is 4.99 Å². The maximum Gasteiger partial charge on any atom is 0.411 e. The van der Waals surface area contributed by atoms with Gasteiger partial charge in [0, 0.05) is 25.5 Å². The molecule has 0 atom stereocenters. The molecule has 6 rings (SSSR count). The predicted molar refractivity (Wildman–Crippen MR) is 176 cm³/mol. The first-order chi connectivity index (χ1) is 22.8. The predicted octanol–water partition coefficient (Wildman–Crippen LogP) is 7.81. The van der Waals surface area contributed by atoms with Gasteiger partial charge in [-0.2, -0.15) is 17.6 Å². The van der Waals surface area contributed by atoms with Gasteiger partial charge in [0.2, 0.25) is 0 Å². The minimum Gasteiger partial charge on any atom is -0.444 e. The lowest BCUT2D eigenvalue weighted by Crippen LogP contribution is -2.31. The summed E-state index contributed by atoms with van der Waals surface area (Å²) in [5.74, 6) is -8.12. The van der Waals surface area contributed by atoms with Crippen molar-refractivity contribution in [1.29, 1.82) is 0 Å². The fourth-order valence-corrected chi connectivity index (χ4v) is 5.15. The van der Waals surface area contributed by atoms with E-state index in [9.17, 15) is 31.9 Å². The number of fused-ring (bicyclic) bond motifs is 2. The molecular weight excluding hydrogens is 652 g/mol. The fourth-order valence-electron chi connectivity index (χ4n) is 4.94. The molecule has 0 unspecified atom stereocenters. The van der Waals surface area contributed by atoms with E-state index in [4.69, 9.17) is 21.7 Å². The summed E-state index contributed by atoms with van der Waals surface area (Å²) < 4.78 is 66.3. The normalized spacial score (nSPS) is 15.1. The number of halogens is 4. The van der Waals surface area contributed by atoms with Crippen molar-refractivity contribution in [2.24, 2.45) is 0 Å². The van der Waals surface area contributed by atoms with Crippen molar-refractivity contribution in [3.05, 3.63) is 119 Å². The fraction of sp³-hybridized carbons (Fsp3) is 0.176. The van der Waals surface area contributed by atoms with Gasteiger partial charge < -0.3 is 19.3 Å². The van der Waals surface area contributed by atoms with E-state index in [1.165, 1.54) is 49.3 Å². The van der Waals surface area contributed by atoms with E-state index in [1.54, 1.807) is 12.1 Å². The van der Waals surface area contributed by atoms with Crippen LogP contribution in [-0.2, 0) is 39.3 Å². The van der Waals surface area contributed by atoms with Gasteiger partial charge in [-0.15, -0.1) is 0 Å². The van der Waals surface area contributed by atoms with Crippen LogP contribution in [0.15, 0.2) is 97.1 Å². The zero-order valence-corrected chi connectivity index (χ0v) is 26.3. The van der Waals surface area contributed by atoms with Crippen LogP contribution in [-0.4, -0.2) is 37.2 Å². The summed E-state index contributed by atoms with van der Waals surface area (Å²) in [4.78, 5) is 36.8. The average molecular weight is 681 g/mol. The number of anilines is 4. The maximum atomic E-state index is 14.1. The van der Waals surface area contributed by atoms with Crippen LogP contribution >= 0.6 is 12.2 Å². The molecule has 4 aromatic carbocycles. The molecule has 0 fully saturated rings. The second kappa shape index (κ2) is 13.7. The van der Waals surface area contributed by atoms with Crippen LogP contribution in [0.5, 0.6) is 0 Å². The number of rotatable bonds is 6. The summed E-state index contributed by atoms with van der Waals surface area (Å²) in [5.41, 5.74) is 1.78. The summed E-state index contributed by atoms with van der Waals surface area (Å²) in [7, 11) is 2.77. The van der Waals surface area contributed by atoms with Gasteiger partial charge in [-0.1, -0.05) is 72.9 Å². The van der Waals surface area contributed by atoms with E-state index in [2.05, 4.69) is 10.6 Å². The first kappa shape index (κ1) is 33.9. The lowest BCUT2D eigenvalue weighted by molar-refractivity contribution is -0.141. The van der Waals surface area contributed by atoms with Gasteiger partial charge in [-0.3, -0.25) is 15.4 Å². The molecule has 0 aliphatic carbocycles. The highest BCUT2D eigenvalue weighted by atomic mass is 32.1. The summed E-state index contributed by atoms with van der Waals surface area (Å²) >= 11 is 4.77. The zero-order valence-electron chi connectivity index (χ0n) is 25.5. The first-order valence-electron chi connectivity index (χ1n) is 14.4. The number of amides is 3.